The van der Waals surface area contributed by atoms with Crippen molar-refractivity contribution in [3.05, 3.63) is 66.0 Å². The number of rotatable bonds is 5. The lowest BCUT2D eigenvalue weighted by Crippen LogP contribution is -2.38. The lowest BCUT2D eigenvalue weighted by atomic mass is 10.1. The molecule has 1 aromatic carbocycles. The van der Waals surface area contributed by atoms with Crippen molar-refractivity contribution in [2.75, 3.05) is 0 Å². The first-order valence-electron chi connectivity index (χ1n) is 6.58. The Labute approximate surface area is 123 Å². The van der Waals surface area contributed by atoms with Crippen molar-refractivity contribution in [2.45, 2.75) is 19.6 Å². The molecule has 2 aromatic rings. The third-order valence-electron chi connectivity index (χ3n) is 2.89. The molecule has 21 heavy (non-hydrogen) atoms. The maximum atomic E-state index is 12.0. The number of ether oxygens (including phenoxy) is 1. The van der Waals surface area contributed by atoms with Crippen LogP contribution in [0.1, 0.15) is 22.8 Å². The predicted octanol–water partition coefficient (Wildman–Crippen LogP) is 2.58. The molecule has 1 atom stereocenters. The highest BCUT2D eigenvalue weighted by Gasteiger charge is 2.18. The average molecular weight is 284 g/mol. The summed E-state index contributed by atoms with van der Waals surface area (Å²) in [4.78, 5) is 27.6. The van der Waals surface area contributed by atoms with E-state index in [4.69, 9.17) is 4.74 Å². The fraction of sp³-hybridized carbons (Fsp3) is 0.188. The zero-order valence-corrected chi connectivity index (χ0v) is 11.7. The summed E-state index contributed by atoms with van der Waals surface area (Å²) in [6.07, 6.45) is 2.43. The van der Waals surface area contributed by atoms with Crippen LogP contribution in [-0.4, -0.2) is 22.9 Å². The van der Waals surface area contributed by atoms with Crippen LogP contribution < -0.4 is 5.32 Å². The first-order chi connectivity index (χ1) is 10.2. The van der Waals surface area contributed by atoms with Gasteiger partial charge in [-0.25, -0.2) is 4.79 Å². The minimum Gasteiger partial charge on any atom is -0.445 e. The van der Waals surface area contributed by atoms with Crippen LogP contribution >= 0.6 is 0 Å². The predicted molar refractivity (Wildman–Crippen MR) is 77.8 cm³/mol. The van der Waals surface area contributed by atoms with Crippen molar-refractivity contribution in [3.63, 3.8) is 0 Å². The Balaban J connectivity index is 1.83. The number of benzene rings is 1. The van der Waals surface area contributed by atoms with E-state index >= 15 is 0 Å². The van der Waals surface area contributed by atoms with Crippen LogP contribution in [0.2, 0.25) is 0 Å². The van der Waals surface area contributed by atoms with Gasteiger partial charge in [-0.3, -0.25) is 9.78 Å². The maximum absolute atomic E-state index is 12.0. The van der Waals surface area contributed by atoms with Crippen LogP contribution in [0, 0.1) is 0 Å². The van der Waals surface area contributed by atoms with Gasteiger partial charge >= 0.3 is 6.09 Å². The Morgan fingerprint density at radius 2 is 1.95 bits per heavy atom. The van der Waals surface area contributed by atoms with E-state index in [0.717, 1.165) is 5.56 Å². The number of carbonyl (C=O) groups is 2. The Hall–Kier alpha value is -2.69. The van der Waals surface area contributed by atoms with Gasteiger partial charge in [0.1, 0.15) is 6.61 Å². The van der Waals surface area contributed by atoms with Gasteiger partial charge in [0.2, 0.25) is 0 Å². The van der Waals surface area contributed by atoms with Crippen LogP contribution in [0.5, 0.6) is 0 Å². The Kier molecular flexibility index (Phi) is 5.04. The standard InChI is InChI=1S/C16H16N2O3/c1-12(15(19)14-8-5-9-17-10-14)18-16(20)21-11-13-6-3-2-4-7-13/h2-10,12H,11H2,1H3,(H,18,20)/t12-/m0/s1. The summed E-state index contributed by atoms with van der Waals surface area (Å²) in [6, 6.07) is 12.0. The molecule has 0 unspecified atom stereocenters. The number of pyridine rings is 1. The summed E-state index contributed by atoms with van der Waals surface area (Å²) in [5.41, 5.74) is 1.34. The minimum atomic E-state index is -0.669. The van der Waals surface area contributed by atoms with Gasteiger partial charge in [0, 0.05) is 18.0 Å². The van der Waals surface area contributed by atoms with E-state index < -0.39 is 12.1 Å². The third-order valence-corrected chi connectivity index (χ3v) is 2.89. The lowest BCUT2D eigenvalue weighted by Gasteiger charge is -2.13. The van der Waals surface area contributed by atoms with Gasteiger partial charge in [-0.2, -0.15) is 0 Å². The zero-order chi connectivity index (χ0) is 15.1. The SMILES string of the molecule is C[C@H](NC(=O)OCc1ccccc1)C(=O)c1cccnc1. The van der Waals surface area contributed by atoms with Gasteiger partial charge < -0.3 is 10.1 Å². The summed E-state index contributed by atoms with van der Waals surface area (Å²) < 4.78 is 5.07. The van der Waals surface area contributed by atoms with Crippen LogP contribution in [0.3, 0.4) is 0 Å². The molecule has 0 saturated heterocycles. The van der Waals surface area contributed by atoms with E-state index in [9.17, 15) is 9.59 Å². The van der Waals surface area contributed by atoms with Crippen molar-refractivity contribution >= 4 is 11.9 Å². The van der Waals surface area contributed by atoms with Crippen LogP contribution in [0.4, 0.5) is 4.79 Å². The number of nitrogens with zero attached hydrogens (tertiary/aromatic N) is 1. The highest BCUT2D eigenvalue weighted by atomic mass is 16.5. The molecule has 5 heteroatoms. The number of hydrogen-bond donors (Lipinski definition) is 1. The van der Waals surface area contributed by atoms with Gasteiger partial charge in [-0.15, -0.1) is 0 Å². The van der Waals surface area contributed by atoms with Crippen LogP contribution in [0.15, 0.2) is 54.9 Å². The average Bonchev–Trinajstić information content (AvgIpc) is 2.54. The number of amides is 1. The van der Waals surface area contributed by atoms with Gasteiger partial charge in [0.15, 0.2) is 5.78 Å². The molecule has 1 aromatic heterocycles. The topological polar surface area (TPSA) is 68.3 Å². The van der Waals surface area contributed by atoms with Crippen molar-refractivity contribution in [1.82, 2.24) is 10.3 Å². The van der Waals surface area contributed by atoms with Crippen molar-refractivity contribution in [3.8, 4) is 0 Å². The van der Waals surface area contributed by atoms with Gasteiger partial charge in [-0.1, -0.05) is 30.3 Å². The maximum Gasteiger partial charge on any atom is 0.408 e. The molecule has 1 amide bonds. The van der Waals surface area contributed by atoms with Crippen LogP contribution in [0.25, 0.3) is 0 Å². The number of ketones is 1. The summed E-state index contributed by atoms with van der Waals surface area (Å²) in [5, 5.41) is 2.51. The summed E-state index contributed by atoms with van der Waals surface area (Å²) >= 11 is 0. The highest BCUT2D eigenvalue weighted by molar-refractivity contribution is 6.00. The number of alkyl carbamates (subject to hydrolysis) is 1. The van der Waals surface area contributed by atoms with Crippen molar-refractivity contribution < 1.29 is 14.3 Å². The minimum absolute atomic E-state index is 0.167. The van der Waals surface area contributed by atoms with Gasteiger partial charge in [0.25, 0.3) is 0 Å². The molecule has 1 N–H and O–H groups in total. The summed E-state index contributed by atoms with van der Waals surface area (Å²) in [7, 11) is 0. The Morgan fingerprint density at radius 3 is 2.62 bits per heavy atom. The van der Waals surface area contributed by atoms with E-state index in [1.165, 1.54) is 6.20 Å². The molecule has 5 nitrogen and oxygen atoms in total. The Morgan fingerprint density at radius 1 is 1.19 bits per heavy atom. The first-order valence-corrected chi connectivity index (χ1v) is 6.58. The van der Waals surface area contributed by atoms with Gasteiger partial charge in [0.05, 0.1) is 6.04 Å². The first kappa shape index (κ1) is 14.7. The Bertz CT molecular complexity index is 599. The second kappa shape index (κ2) is 7.19. The zero-order valence-electron chi connectivity index (χ0n) is 11.7. The molecule has 108 valence electrons. The number of aromatic nitrogens is 1. The van der Waals surface area contributed by atoms with Crippen molar-refractivity contribution in [1.29, 1.82) is 0 Å². The van der Waals surface area contributed by atoms with Gasteiger partial charge in [-0.05, 0) is 24.6 Å². The molecule has 0 saturated carbocycles. The van der Waals surface area contributed by atoms with E-state index in [-0.39, 0.29) is 12.4 Å². The second-order valence-electron chi connectivity index (χ2n) is 4.53. The molecule has 0 bridgehead atoms. The smallest absolute Gasteiger partial charge is 0.408 e. The van der Waals surface area contributed by atoms with E-state index in [2.05, 4.69) is 10.3 Å². The molecular formula is C16H16N2O3. The van der Waals surface area contributed by atoms with E-state index in [1.54, 1.807) is 25.3 Å². The molecule has 1 heterocycles. The van der Waals surface area contributed by atoms with E-state index in [0.29, 0.717) is 5.56 Å². The molecule has 0 radical (unpaired) electrons. The number of Topliss-reactive ketones (excluding diaryl/α,β-unsaturated/α-hetero) is 1. The summed E-state index contributed by atoms with van der Waals surface area (Å²) in [6.45, 7) is 1.78. The fourth-order valence-corrected chi connectivity index (χ4v) is 1.77. The monoisotopic (exact) mass is 284 g/mol. The quantitative estimate of drug-likeness (QED) is 0.857. The molecular weight excluding hydrogens is 268 g/mol. The largest absolute Gasteiger partial charge is 0.445 e. The fourth-order valence-electron chi connectivity index (χ4n) is 1.77. The molecule has 0 aliphatic rings. The number of nitrogens with one attached hydrogen (secondary N) is 1. The van der Waals surface area contributed by atoms with E-state index in [1.807, 2.05) is 30.3 Å². The molecule has 2 rings (SSSR count). The second-order valence-corrected chi connectivity index (χ2v) is 4.53. The number of carbonyl (C=O) groups excluding carboxylic acids is 2. The molecule has 0 aliphatic carbocycles. The third kappa shape index (κ3) is 4.42. The highest BCUT2D eigenvalue weighted by Crippen LogP contribution is 2.03. The molecule has 0 spiro atoms. The normalized spacial score (nSPS) is 11.5. The van der Waals surface area contributed by atoms with Crippen LogP contribution in [-0.2, 0) is 11.3 Å². The number of hydrogen-bond acceptors (Lipinski definition) is 4. The molecule has 0 aliphatic heterocycles. The molecule has 0 fully saturated rings. The lowest BCUT2D eigenvalue weighted by molar-refractivity contribution is 0.0926. The van der Waals surface area contributed by atoms with Crippen molar-refractivity contribution in [2.24, 2.45) is 0 Å². The summed E-state index contributed by atoms with van der Waals surface area (Å²) in [5.74, 6) is -0.209.